The summed E-state index contributed by atoms with van der Waals surface area (Å²) in [4.78, 5) is 14.7. The van der Waals surface area contributed by atoms with Crippen molar-refractivity contribution < 1.29 is 9.18 Å². The zero-order valence-electron chi connectivity index (χ0n) is 15.6. The third-order valence-corrected chi connectivity index (χ3v) is 5.45. The summed E-state index contributed by atoms with van der Waals surface area (Å²) >= 11 is 6.20. The van der Waals surface area contributed by atoms with Crippen molar-refractivity contribution in [3.8, 4) is 0 Å². The van der Waals surface area contributed by atoms with Crippen molar-refractivity contribution in [2.24, 2.45) is 5.92 Å². The Morgan fingerprint density at radius 2 is 2.00 bits per heavy atom. The molecule has 0 radical (unpaired) electrons. The second kappa shape index (κ2) is 8.50. The summed E-state index contributed by atoms with van der Waals surface area (Å²) in [7, 11) is 0. The summed E-state index contributed by atoms with van der Waals surface area (Å²) in [5.74, 6) is 0.944. The number of carbonyl (C=O) groups excluding carboxylic acids is 1. The molecular weight excluding hydrogens is 400 g/mol. The summed E-state index contributed by atoms with van der Waals surface area (Å²) in [6.07, 6.45) is 1.41. The number of hydrogen-bond acceptors (Lipinski definition) is 3. The van der Waals surface area contributed by atoms with Crippen LogP contribution in [0.4, 0.5) is 10.2 Å². The summed E-state index contributed by atoms with van der Waals surface area (Å²) in [5.41, 5.74) is 1.64. The Morgan fingerprint density at radius 3 is 2.71 bits per heavy atom. The standard InChI is InChI=1S/C21H21ClFN3O.ClH/c1-2-26-19-8-5-16(22)12-18(19)21(24-26)25-10-9-14(13-25)11-20(27)15-3-6-17(23)7-4-15;/h3-8,12,14H,2,9-11,13H2,1H3;1H. The lowest BCUT2D eigenvalue weighted by molar-refractivity contribution is 0.0965. The lowest BCUT2D eigenvalue weighted by atomic mass is 9.97. The molecule has 7 heteroatoms. The second-order valence-corrected chi connectivity index (χ2v) is 7.47. The molecule has 0 bridgehead atoms. The van der Waals surface area contributed by atoms with Crippen LogP contribution in [0.1, 0.15) is 30.1 Å². The number of carbonyl (C=O) groups is 1. The summed E-state index contributed by atoms with van der Waals surface area (Å²) in [6.45, 7) is 4.51. The molecule has 1 aliphatic heterocycles. The molecule has 1 fully saturated rings. The highest BCUT2D eigenvalue weighted by Gasteiger charge is 2.28. The first-order valence-corrected chi connectivity index (χ1v) is 9.62. The van der Waals surface area contributed by atoms with Gasteiger partial charge in [0.15, 0.2) is 11.6 Å². The van der Waals surface area contributed by atoms with E-state index in [2.05, 4.69) is 11.8 Å². The first-order chi connectivity index (χ1) is 13.0. The highest BCUT2D eigenvalue weighted by atomic mass is 35.5. The van der Waals surface area contributed by atoms with Crippen molar-refractivity contribution in [2.75, 3.05) is 18.0 Å². The quantitative estimate of drug-likeness (QED) is 0.519. The molecule has 3 aromatic rings. The minimum absolute atomic E-state index is 0. The van der Waals surface area contributed by atoms with Crippen LogP contribution in [0.25, 0.3) is 10.9 Å². The van der Waals surface area contributed by atoms with Gasteiger partial charge in [0.25, 0.3) is 0 Å². The van der Waals surface area contributed by atoms with Gasteiger partial charge in [0, 0.05) is 42.0 Å². The Labute approximate surface area is 174 Å². The van der Waals surface area contributed by atoms with Gasteiger partial charge in [-0.1, -0.05) is 11.6 Å². The van der Waals surface area contributed by atoms with Crippen LogP contribution in [0, 0.1) is 11.7 Å². The topological polar surface area (TPSA) is 38.1 Å². The number of rotatable bonds is 5. The molecule has 1 unspecified atom stereocenters. The number of aromatic nitrogens is 2. The molecule has 2 aromatic carbocycles. The molecule has 0 amide bonds. The minimum atomic E-state index is -0.323. The van der Waals surface area contributed by atoms with E-state index < -0.39 is 0 Å². The molecule has 1 saturated heterocycles. The van der Waals surface area contributed by atoms with Gasteiger partial charge in [0.2, 0.25) is 0 Å². The Balaban J connectivity index is 0.00000225. The number of hydrogen-bond donors (Lipinski definition) is 0. The minimum Gasteiger partial charge on any atom is -0.354 e. The van der Waals surface area contributed by atoms with Crippen molar-refractivity contribution in [3.63, 3.8) is 0 Å². The van der Waals surface area contributed by atoms with Gasteiger partial charge < -0.3 is 4.90 Å². The lowest BCUT2D eigenvalue weighted by Crippen LogP contribution is -2.21. The predicted molar refractivity (Wildman–Crippen MR) is 113 cm³/mol. The van der Waals surface area contributed by atoms with E-state index in [1.165, 1.54) is 12.1 Å². The molecule has 0 N–H and O–H groups in total. The molecule has 4 rings (SSSR count). The van der Waals surface area contributed by atoms with E-state index >= 15 is 0 Å². The molecule has 0 saturated carbocycles. The molecular formula is C21H22Cl2FN3O. The van der Waals surface area contributed by atoms with Crippen LogP contribution in [0.15, 0.2) is 42.5 Å². The molecule has 28 heavy (non-hydrogen) atoms. The first-order valence-electron chi connectivity index (χ1n) is 9.25. The average Bonchev–Trinajstić information content (AvgIpc) is 3.26. The van der Waals surface area contributed by atoms with Gasteiger partial charge in [-0.25, -0.2) is 4.39 Å². The van der Waals surface area contributed by atoms with Gasteiger partial charge in [-0.3, -0.25) is 9.48 Å². The molecule has 2 heterocycles. The third-order valence-electron chi connectivity index (χ3n) is 5.22. The number of ketones is 1. The smallest absolute Gasteiger partial charge is 0.163 e. The molecule has 0 spiro atoms. The van der Waals surface area contributed by atoms with E-state index in [0.717, 1.165) is 42.8 Å². The Kier molecular flexibility index (Phi) is 6.26. The number of nitrogens with zero attached hydrogens (tertiary/aromatic N) is 3. The van der Waals surface area contributed by atoms with E-state index in [9.17, 15) is 9.18 Å². The van der Waals surface area contributed by atoms with Crippen LogP contribution >= 0.6 is 24.0 Å². The monoisotopic (exact) mass is 421 g/mol. The van der Waals surface area contributed by atoms with Crippen LogP contribution < -0.4 is 4.90 Å². The lowest BCUT2D eigenvalue weighted by Gasteiger charge is -2.16. The molecule has 0 aliphatic carbocycles. The molecule has 1 atom stereocenters. The first kappa shape index (κ1) is 20.6. The van der Waals surface area contributed by atoms with Gasteiger partial charge >= 0.3 is 0 Å². The Bertz CT molecular complexity index is 987. The Morgan fingerprint density at radius 1 is 1.25 bits per heavy atom. The second-order valence-electron chi connectivity index (χ2n) is 7.04. The molecule has 1 aromatic heterocycles. The maximum absolute atomic E-state index is 13.0. The fourth-order valence-electron chi connectivity index (χ4n) is 3.82. The van der Waals surface area contributed by atoms with Crippen LogP contribution in [0.3, 0.4) is 0 Å². The Hall–Kier alpha value is -2.11. The van der Waals surface area contributed by atoms with Crippen molar-refractivity contribution in [2.45, 2.75) is 26.3 Å². The summed E-state index contributed by atoms with van der Waals surface area (Å²) < 4.78 is 15.0. The van der Waals surface area contributed by atoms with E-state index in [4.69, 9.17) is 16.7 Å². The van der Waals surface area contributed by atoms with Crippen LogP contribution in [0.2, 0.25) is 5.02 Å². The highest BCUT2D eigenvalue weighted by Crippen LogP contribution is 2.33. The van der Waals surface area contributed by atoms with Gasteiger partial charge in [-0.2, -0.15) is 5.10 Å². The van der Waals surface area contributed by atoms with Crippen LogP contribution in [0.5, 0.6) is 0 Å². The van der Waals surface area contributed by atoms with Gasteiger partial charge in [-0.15, -0.1) is 12.4 Å². The fraction of sp³-hybridized carbons (Fsp3) is 0.333. The van der Waals surface area contributed by atoms with Crippen LogP contribution in [-0.2, 0) is 6.54 Å². The number of benzene rings is 2. The van der Waals surface area contributed by atoms with E-state index in [0.29, 0.717) is 17.0 Å². The van der Waals surface area contributed by atoms with E-state index in [1.807, 2.05) is 22.9 Å². The number of fused-ring (bicyclic) bond motifs is 1. The summed E-state index contributed by atoms with van der Waals surface area (Å²) in [6, 6.07) is 11.6. The van der Waals surface area contributed by atoms with Crippen molar-refractivity contribution in [1.29, 1.82) is 0 Å². The zero-order chi connectivity index (χ0) is 19.0. The number of aryl methyl sites for hydroxylation is 1. The molecule has 148 valence electrons. The number of Topliss-reactive ketones (excluding diaryl/α,β-unsaturated/α-hetero) is 1. The van der Waals surface area contributed by atoms with Gasteiger partial charge in [0.1, 0.15) is 5.82 Å². The highest BCUT2D eigenvalue weighted by molar-refractivity contribution is 6.31. The van der Waals surface area contributed by atoms with Gasteiger partial charge in [-0.05, 0) is 61.7 Å². The average molecular weight is 422 g/mol. The van der Waals surface area contributed by atoms with Crippen molar-refractivity contribution in [1.82, 2.24) is 9.78 Å². The normalized spacial score (nSPS) is 16.4. The number of anilines is 1. The third kappa shape index (κ3) is 4.01. The molecule has 1 aliphatic rings. The largest absolute Gasteiger partial charge is 0.354 e. The maximum atomic E-state index is 13.0. The van der Waals surface area contributed by atoms with E-state index in [-0.39, 0.29) is 29.9 Å². The van der Waals surface area contributed by atoms with Gasteiger partial charge in [0.05, 0.1) is 5.52 Å². The predicted octanol–water partition coefficient (Wildman–Crippen LogP) is 5.37. The number of halogens is 3. The fourth-order valence-corrected chi connectivity index (χ4v) is 3.99. The SMILES string of the molecule is CCn1nc(N2CCC(CC(=O)c3ccc(F)cc3)C2)c2cc(Cl)ccc21.Cl. The zero-order valence-corrected chi connectivity index (χ0v) is 17.1. The van der Waals surface area contributed by atoms with E-state index in [1.54, 1.807) is 12.1 Å². The van der Waals surface area contributed by atoms with Crippen LogP contribution in [-0.4, -0.2) is 28.7 Å². The van der Waals surface area contributed by atoms with Crippen molar-refractivity contribution >= 4 is 46.5 Å². The maximum Gasteiger partial charge on any atom is 0.163 e. The van der Waals surface area contributed by atoms with Crippen molar-refractivity contribution in [3.05, 3.63) is 58.9 Å². The summed E-state index contributed by atoms with van der Waals surface area (Å²) in [5, 5.41) is 6.52. The molecule has 4 nitrogen and oxygen atoms in total.